The maximum Gasteiger partial charge on any atom is 0.306 e. The van der Waals surface area contributed by atoms with E-state index in [4.69, 9.17) is 10.3 Å². The molecule has 16 heavy (non-hydrogen) atoms. The molecule has 0 heterocycles. The fourth-order valence-electron chi connectivity index (χ4n) is 1.35. The van der Waals surface area contributed by atoms with E-state index < -0.39 is 12.1 Å². The van der Waals surface area contributed by atoms with E-state index in [2.05, 4.69) is 10.0 Å². The van der Waals surface area contributed by atoms with Crippen LogP contribution in [-0.4, -0.2) is 30.2 Å². The zero-order chi connectivity index (χ0) is 12.0. The van der Waals surface area contributed by atoms with E-state index in [-0.39, 0.29) is 37.4 Å². The van der Waals surface area contributed by atoms with Crippen molar-refractivity contribution >= 4 is 17.5 Å². The predicted molar refractivity (Wildman–Crippen MR) is 52.4 cm³/mol. The summed E-state index contributed by atoms with van der Waals surface area (Å²) in [6.45, 7) is 0.193. The fraction of sp³-hybridized carbons (Fsp3) is 0.667. The zero-order valence-corrected chi connectivity index (χ0v) is 8.59. The van der Waals surface area contributed by atoms with Gasteiger partial charge in [0.2, 0.25) is 6.10 Å². The van der Waals surface area contributed by atoms with Crippen LogP contribution in [0.15, 0.2) is 5.11 Å². The van der Waals surface area contributed by atoms with Crippen molar-refractivity contribution in [3.8, 4) is 0 Å². The molecular formula is C9H11N3O4. The molecule has 0 bridgehead atoms. The molecule has 1 fully saturated rings. The molecule has 0 spiro atoms. The summed E-state index contributed by atoms with van der Waals surface area (Å²) in [5, 5.41) is 3.24. The van der Waals surface area contributed by atoms with Gasteiger partial charge in [-0.25, -0.2) is 0 Å². The van der Waals surface area contributed by atoms with Gasteiger partial charge in [0.25, 0.3) is 0 Å². The number of rotatable bonds is 5. The first-order chi connectivity index (χ1) is 7.65. The molecular weight excluding hydrogens is 214 g/mol. The maximum atomic E-state index is 11.2. The Morgan fingerprint density at radius 2 is 2.06 bits per heavy atom. The summed E-state index contributed by atoms with van der Waals surface area (Å²) >= 11 is 0. The average Bonchev–Trinajstić information content (AvgIpc) is 2.56. The topological polar surface area (TPSA) is 109 Å². The lowest BCUT2D eigenvalue weighted by Crippen LogP contribution is -2.28. The molecule has 1 aliphatic carbocycles. The highest BCUT2D eigenvalue weighted by Crippen LogP contribution is 2.15. The highest BCUT2D eigenvalue weighted by Gasteiger charge is 2.35. The van der Waals surface area contributed by atoms with E-state index in [1.54, 1.807) is 0 Å². The van der Waals surface area contributed by atoms with Crippen molar-refractivity contribution < 1.29 is 19.1 Å². The molecule has 86 valence electrons. The van der Waals surface area contributed by atoms with Crippen LogP contribution < -0.4 is 0 Å². The largest absolute Gasteiger partial charge is 0.446 e. The van der Waals surface area contributed by atoms with Gasteiger partial charge in [0, 0.05) is 30.7 Å². The molecule has 0 aromatic rings. The van der Waals surface area contributed by atoms with E-state index in [1.165, 1.54) is 0 Å². The van der Waals surface area contributed by atoms with Crippen LogP contribution in [0.2, 0.25) is 0 Å². The van der Waals surface area contributed by atoms with E-state index in [1.807, 2.05) is 0 Å². The second-order valence-corrected chi connectivity index (χ2v) is 3.36. The number of ether oxygens (including phenoxy) is 1. The molecule has 0 aromatic heterocycles. The van der Waals surface area contributed by atoms with Crippen LogP contribution >= 0.6 is 0 Å². The highest BCUT2D eigenvalue weighted by atomic mass is 16.5. The third kappa shape index (κ3) is 3.36. The number of carbonyl (C=O) groups is 3. The van der Waals surface area contributed by atoms with Crippen LogP contribution in [0.3, 0.4) is 0 Å². The van der Waals surface area contributed by atoms with Gasteiger partial charge in [-0.3, -0.25) is 14.4 Å². The number of azide groups is 1. The third-order valence-corrected chi connectivity index (χ3v) is 2.15. The van der Waals surface area contributed by atoms with Gasteiger partial charge in [0.15, 0.2) is 11.6 Å². The van der Waals surface area contributed by atoms with Crippen molar-refractivity contribution in [2.24, 2.45) is 5.11 Å². The Morgan fingerprint density at radius 1 is 1.44 bits per heavy atom. The Kier molecular flexibility index (Phi) is 4.47. The predicted octanol–water partition coefficient (Wildman–Crippen LogP) is 0.921. The standard InChI is InChI=1S/C9H11N3O4/c10-12-11-5-1-2-8(15)16-9-6(13)3-4-7(9)14/h9H,1-5H2. The van der Waals surface area contributed by atoms with Crippen molar-refractivity contribution in [1.29, 1.82) is 0 Å². The second-order valence-electron chi connectivity index (χ2n) is 3.36. The van der Waals surface area contributed by atoms with Gasteiger partial charge in [0.05, 0.1) is 0 Å². The van der Waals surface area contributed by atoms with Crippen molar-refractivity contribution in [1.82, 2.24) is 0 Å². The summed E-state index contributed by atoms with van der Waals surface area (Å²) in [5.41, 5.74) is 7.98. The first-order valence-corrected chi connectivity index (χ1v) is 4.91. The van der Waals surface area contributed by atoms with E-state index in [0.717, 1.165) is 0 Å². The first-order valence-electron chi connectivity index (χ1n) is 4.91. The minimum Gasteiger partial charge on any atom is -0.446 e. The molecule has 0 amide bonds. The summed E-state index contributed by atoms with van der Waals surface area (Å²) in [4.78, 5) is 36.0. The zero-order valence-electron chi connectivity index (χ0n) is 8.59. The lowest BCUT2D eigenvalue weighted by molar-refractivity contribution is -0.157. The van der Waals surface area contributed by atoms with Gasteiger partial charge >= 0.3 is 5.97 Å². The van der Waals surface area contributed by atoms with Crippen LogP contribution in [0.25, 0.3) is 10.4 Å². The Labute approximate surface area is 91.4 Å². The average molecular weight is 225 g/mol. The highest BCUT2D eigenvalue weighted by molar-refractivity contribution is 6.12. The molecule has 7 nitrogen and oxygen atoms in total. The molecule has 1 aliphatic rings. The van der Waals surface area contributed by atoms with E-state index in [0.29, 0.717) is 6.42 Å². The molecule has 0 aromatic carbocycles. The SMILES string of the molecule is [N-]=[N+]=NCCCC(=O)OC1C(=O)CCC1=O. The van der Waals surface area contributed by atoms with Gasteiger partial charge in [-0.15, -0.1) is 0 Å². The van der Waals surface area contributed by atoms with E-state index in [9.17, 15) is 14.4 Å². The molecule has 0 radical (unpaired) electrons. The van der Waals surface area contributed by atoms with Crippen molar-refractivity contribution in [2.75, 3.05) is 6.54 Å². The normalized spacial score (nSPS) is 16.0. The molecule has 1 saturated carbocycles. The molecule has 7 heteroatoms. The maximum absolute atomic E-state index is 11.2. The lowest BCUT2D eigenvalue weighted by Gasteiger charge is -2.08. The number of hydrogen-bond donors (Lipinski definition) is 0. The van der Waals surface area contributed by atoms with Crippen LogP contribution in [-0.2, 0) is 19.1 Å². The quantitative estimate of drug-likeness (QED) is 0.173. The lowest BCUT2D eigenvalue weighted by atomic mass is 10.2. The molecule has 1 rings (SSSR count). The van der Waals surface area contributed by atoms with Crippen LogP contribution in [0.4, 0.5) is 0 Å². The molecule has 0 aliphatic heterocycles. The van der Waals surface area contributed by atoms with Gasteiger partial charge < -0.3 is 4.74 Å². The van der Waals surface area contributed by atoms with Crippen LogP contribution in [0, 0.1) is 0 Å². The van der Waals surface area contributed by atoms with Gasteiger partial charge in [-0.1, -0.05) is 5.11 Å². The monoisotopic (exact) mass is 225 g/mol. The number of nitrogens with zero attached hydrogens (tertiary/aromatic N) is 3. The van der Waals surface area contributed by atoms with Gasteiger partial charge in [-0.2, -0.15) is 0 Å². The van der Waals surface area contributed by atoms with Crippen LogP contribution in [0.1, 0.15) is 25.7 Å². The van der Waals surface area contributed by atoms with Crippen LogP contribution in [0.5, 0.6) is 0 Å². The summed E-state index contributed by atoms with van der Waals surface area (Å²) in [6.07, 6.45) is -0.522. The summed E-state index contributed by atoms with van der Waals surface area (Å²) in [5.74, 6) is -1.29. The van der Waals surface area contributed by atoms with Gasteiger partial charge in [-0.05, 0) is 12.0 Å². The second kappa shape index (κ2) is 5.87. The Balaban J connectivity index is 2.31. The Bertz CT molecular complexity index is 344. The van der Waals surface area contributed by atoms with E-state index >= 15 is 0 Å². The summed E-state index contributed by atoms with van der Waals surface area (Å²) < 4.78 is 4.74. The Hall–Kier alpha value is -1.88. The van der Waals surface area contributed by atoms with Crippen molar-refractivity contribution in [3.63, 3.8) is 0 Å². The Morgan fingerprint density at radius 3 is 2.62 bits per heavy atom. The molecule has 0 atom stereocenters. The number of ketones is 2. The molecule has 0 unspecified atom stereocenters. The fourth-order valence-corrected chi connectivity index (χ4v) is 1.35. The number of carbonyl (C=O) groups excluding carboxylic acids is 3. The minimum absolute atomic E-state index is 0.0378. The number of hydrogen-bond acceptors (Lipinski definition) is 5. The summed E-state index contributed by atoms with van der Waals surface area (Å²) in [6, 6.07) is 0. The van der Waals surface area contributed by atoms with Crippen molar-refractivity contribution in [2.45, 2.75) is 31.8 Å². The molecule has 0 N–H and O–H groups in total. The van der Waals surface area contributed by atoms with Gasteiger partial charge in [0.1, 0.15) is 0 Å². The molecule has 0 saturated heterocycles. The third-order valence-electron chi connectivity index (χ3n) is 2.15. The van der Waals surface area contributed by atoms with Crippen molar-refractivity contribution in [3.05, 3.63) is 10.4 Å². The number of esters is 1. The minimum atomic E-state index is -1.20. The summed E-state index contributed by atoms with van der Waals surface area (Å²) in [7, 11) is 0. The smallest absolute Gasteiger partial charge is 0.306 e. The first kappa shape index (κ1) is 12.2. The number of Topliss-reactive ketones (excluding diaryl/α,β-unsaturated/α-hetero) is 2.